The van der Waals surface area contributed by atoms with Gasteiger partial charge in [-0.05, 0) is 44.7 Å². The molecule has 1 amide bonds. The number of hydrogen-bond donors (Lipinski definition) is 2. The molecule has 36 heavy (non-hydrogen) atoms. The van der Waals surface area contributed by atoms with Gasteiger partial charge in [-0.25, -0.2) is 9.50 Å². The molecule has 0 spiro atoms. The van der Waals surface area contributed by atoms with E-state index in [-0.39, 0.29) is 30.5 Å². The number of nitrogens with zero attached hydrogens (tertiary/aromatic N) is 4. The minimum absolute atomic E-state index is 0.0439. The molecule has 11 nitrogen and oxygen atoms in total. The van der Waals surface area contributed by atoms with Crippen LogP contribution in [0.1, 0.15) is 64.5 Å². The molecule has 0 unspecified atom stereocenters. The number of methoxy groups -OCH3 is 1. The van der Waals surface area contributed by atoms with E-state index in [0.717, 1.165) is 25.7 Å². The zero-order valence-corrected chi connectivity index (χ0v) is 20.9. The van der Waals surface area contributed by atoms with E-state index in [1.807, 2.05) is 0 Å². The first-order valence-corrected chi connectivity index (χ1v) is 12.3. The topological polar surface area (TPSA) is 148 Å². The molecule has 2 aromatic heterocycles. The number of ether oxygens (including phenoxy) is 3. The number of esters is 1. The third kappa shape index (κ3) is 5.07. The molecule has 1 aliphatic heterocycles. The van der Waals surface area contributed by atoms with E-state index in [1.54, 1.807) is 26.0 Å². The first kappa shape index (κ1) is 26.0. The van der Waals surface area contributed by atoms with Crippen molar-refractivity contribution in [3.63, 3.8) is 0 Å². The Kier molecular flexibility index (Phi) is 7.59. The number of hydrogen-bond acceptors (Lipinski definition) is 9. The standard InChI is InChI=1S/C25H33N5O6/c1-24(2,34-3)23(33)29-22-18-9-10-19(30(18)28-15-27-22)25(14-26)20(31)12-17(36-25)13-35-21(32)11-16-7-5-4-6-8-16/h9-10,15-17,20,31H,4-8,11-13H2,1-3H3,(H,27,28,29,33)/t17-,20-,25+/m1/s1. The van der Waals surface area contributed by atoms with Gasteiger partial charge in [0.1, 0.15) is 36.2 Å². The van der Waals surface area contributed by atoms with Gasteiger partial charge in [0, 0.05) is 20.0 Å². The summed E-state index contributed by atoms with van der Waals surface area (Å²) in [7, 11) is 1.43. The number of carbonyl (C=O) groups excluding carboxylic acids is 2. The maximum absolute atomic E-state index is 12.6. The molecule has 3 atom stereocenters. The number of aliphatic hydroxyl groups is 1. The normalized spacial score (nSPS) is 25.0. The number of fused-ring (bicyclic) bond motifs is 1. The molecule has 1 saturated heterocycles. The average Bonchev–Trinajstić information content (AvgIpc) is 3.45. The number of nitriles is 1. The molecule has 2 aromatic rings. The van der Waals surface area contributed by atoms with E-state index in [2.05, 4.69) is 21.5 Å². The Morgan fingerprint density at radius 1 is 1.33 bits per heavy atom. The lowest BCUT2D eigenvalue weighted by atomic mass is 9.87. The van der Waals surface area contributed by atoms with Gasteiger partial charge in [-0.15, -0.1) is 0 Å². The Balaban J connectivity index is 1.49. The van der Waals surface area contributed by atoms with Crippen molar-refractivity contribution < 1.29 is 28.9 Å². The number of nitrogens with one attached hydrogen (secondary N) is 1. The summed E-state index contributed by atoms with van der Waals surface area (Å²) in [6.07, 6.45) is 5.50. The van der Waals surface area contributed by atoms with Crippen molar-refractivity contribution >= 4 is 23.2 Å². The predicted octanol–water partition coefficient (Wildman–Crippen LogP) is 2.48. The third-order valence-corrected chi connectivity index (χ3v) is 7.21. The molecule has 2 aliphatic rings. The number of rotatable bonds is 8. The molecule has 0 bridgehead atoms. The van der Waals surface area contributed by atoms with Crippen molar-refractivity contribution in [3.8, 4) is 6.07 Å². The van der Waals surface area contributed by atoms with Gasteiger partial charge in [-0.3, -0.25) is 9.59 Å². The van der Waals surface area contributed by atoms with Gasteiger partial charge in [-0.1, -0.05) is 19.3 Å². The van der Waals surface area contributed by atoms with Gasteiger partial charge in [0.05, 0.1) is 11.8 Å². The highest BCUT2D eigenvalue weighted by molar-refractivity contribution is 5.98. The lowest BCUT2D eigenvalue weighted by Gasteiger charge is -2.25. The van der Waals surface area contributed by atoms with Crippen LogP contribution in [0.25, 0.3) is 5.52 Å². The van der Waals surface area contributed by atoms with Crippen molar-refractivity contribution in [2.24, 2.45) is 5.92 Å². The van der Waals surface area contributed by atoms with Crippen molar-refractivity contribution in [1.29, 1.82) is 5.26 Å². The van der Waals surface area contributed by atoms with Gasteiger partial charge in [0.25, 0.3) is 5.91 Å². The molecular formula is C25H33N5O6. The molecule has 0 aromatic carbocycles. The summed E-state index contributed by atoms with van der Waals surface area (Å²) in [6.45, 7) is 3.21. The molecule has 2 N–H and O–H groups in total. The van der Waals surface area contributed by atoms with Crippen LogP contribution in [-0.2, 0) is 29.4 Å². The van der Waals surface area contributed by atoms with Gasteiger partial charge in [-0.2, -0.15) is 10.4 Å². The monoisotopic (exact) mass is 499 g/mol. The summed E-state index contributed by atoms with van der Waals surface area (Å²) < 4.78 is 18.1. The first-order chi connectivity index (χ1) is 17.2. The number of amides is 1. The summed E-state index contributed by atoms with van der Waals surface area (Å²) in [4.78, 5) is 29.1. The van der Waals surface area contributed by atoms with Crippen molar-refractivity contribution in [2.45, 2.75) is 82.2 Å². The van der Waals surface area contributed by atoms with E-state index in [9.17, 15) is 20.0 Å². The third-order valence-electron chi connectivity index (χ3n) is 7.21. The second-order valence-electron chi connectivity index (χ2n) is 10.0. The maximum atomic E-state index is 12.6. The van der Waals surface area contributed by atoms with Gasteiger partial charge in [0.2, 0.25) is 5.60 Å². The highest BCUT2D eigenvalue weighted by Crippen LogP contribution is 2.40. The SMILES string of the molecule is COC(C)(C)C(=O)Nc1ncnn2c([C@]3(C#N)O[C@@H](COC(=O)CC4CCCCC4)C[C@H]3O)ccc12. The Morgan fingerprint density at radius 2 is 2.08 bits per heavy atom. The van der Waals surface area contributed by atoms with Crippen LogP contribution in [0.5, 0.6) is 0 Å². The van der Waals surface area contributed by atoms with E-state index >= 15 is 0 Å². The Morgan fingerprint density at radius 3 is 2.78 bits per heavy atom. The van der Waals surface area contributed by atoms with Gasteiger partial charge < -0.3 is 24.6 Å². The maximum Gasteiger partial charge on any atom is 0.306 e. The highest BCUT2D eigenvalue weighted by Gasteiger charge is 2.52. The molecule has 194 valence electrons. The number of carbonyl (C=O) groups is 2. The Hall–Kier alpha value is -3.07. The van der Waals surface area contributed by atoms with E-state index in [0.29, 0.717) is 17.9 Å². The second kappa shape index (κ2) is 10.5. The van der Waals surface area contributed by atoms with Crippen LogP contribution < -0.4 is 5.32 Å². The fourth-order valence-corrected chi connectivity index (χ4v) is 4.83. The van der Waals surface area contributed by atoms with Crippen LogP contribution in [0.2, 0.25) is 0 Å². The zero-order chi connectivity index (χ0) is 25.9. The quantitative estimate of drug-likeness (QED) is 0.523. The average molecular weight is 500 g/mol. The molecule has 3 heterocycles. The van der Waals surface area contributed by atoms with Crippen LogP contribution in [-0.4, -0.2) is 63.1 Å². The van der Waals surface area contributed by atoms with Crippen molar-refractivity contribution in [2.75, 3.05) is 19.0 Å². The number of aromatic nitrogens is 3. The predicted molar refractivity (Wildman–Crippen MR) is 128 cm³/mol. The second-order valence-corrected chi connectivity index (χ2v) is 10.0. The minimum atomic E-state index is -1.73. The molecule has 0 radical (unpaired) electrons. The summed E-state index contributed by atoms with van der Waals surface area (Å²) in [6, 6.07) is 5.34. The molecule has 11 heteroatoms. The zero-order valence-electron chi connectivity index (χ0n) is 20.9. The molecular weight excluding hydrogens is 466 g/mol. The van der Waals surface area contributed by atoms with Crippen LogP contribution in [0.4, 0.5) is 5.82 Å². The van der Waals surface area contributed by atoms with E-state index in [1.165, 1.54) is 24.4 Å². The van der Waals surface area contributed by atoms with Crippen LogP contribution in [0.15, 0.2) is 18.5 Å². The van der Waals surface area contributed by atoms with E-state index < -0.39 is 29.3 Å². The largest absolute Gasteiger partial charge is 0.463 e. The summed E-state index contributed by atoms with van der Waals surface area (Å²) in [5.74, 6) is -0.110. The number of anilines is 1. The molecule has 4 rings (SSSR count). The Bertz CT molecular complexity index is 1150. The number of aliphatic hydroxyl groups excluding tert-OH is 1. The lowest BCUT2D eigenvalue weighted by molar-refractivity contribution is -0.150. The van der Waals surface area contributed by atoms with Crippen LogP contribution in [0, 0.1) is 17.2 Å². The highest BCUT2D eigenvalue weighted by atomic mass is 16.6. The summed E-state index contributed by atoms with van der Waals surface area (Å²) in [5, 5.41) is 27.9. The fraction of sp³-hybridized carbons (Fsp3) is 0.640. The minimum Gasteiger partial charge on any atom is -0.463 e. The first-order valence-electron chi connectivity index (χ1n) is 12.3. The summed E-state index contributed by atoms with van der Waals surface area (Å²) in [5.41, 5.74) is -2.11. The molecule has 2 fully saturated rings. The van der Waals surface area contributed by atoms with E-state index in [4.69, 9.17) is 14.2 Å². The van der Waals surface area contributed by atoms with Gasteiger partial charge in [0.15, 0.2) is 5.82 Å². The smallest absolute Gasteiger partial charge is 0.306 e. The van der Waals surface area contributed by atoms with Crippen molar-refractivity contribution in [1.82, 2.24) is 14.6 Å². The van der Waals surface area contributed by atoms with Crippen LogP contribution in [0.3, 0.4) is 0 Å². The lowest BCUT2D eigenvalue weighted by Crippen LogP contribution is -2.39. The molecule has 1 saturated carbocycles. The molecule has 1 aliphatic carbocycles. The Labute approximate surface area is 209 Å². The van der Waals surface area contributed by atoms with Crippen LogP contribution >= 0.6 is 0 Å². The van der Waals surface area contributed by atoms with Crippen molar-refractivity contribution in [3.05, 3.63) is 24.2 Å². The summed E-state index contributed by atoms with van der Waals surface area (Å²) >= 11 is 0. The van der Waals surface area contributed by atoms with Gasteiger partial charge >= 0.3 is 5.97 Å². The fourth-order valence-electron chi connectivity index (χ4n) is 4.83.